The van der Waals surface area contributed by atoms with E-state index in [2.05, 4.69) is 10.3 Å². The van der Waals surface area contributed by atoms with Crippen molar-refractivity contribution in [2.75, 3.05) is 17.7 Å². The number of anilines is 3. The minimum Gasteiger partial charge on any atom is -0.492 e. The molecule has 0 fully saturated rings. The molecule has 0 spiro atoms. The van der Waals surface area contributed by atoms with E-state index >= 15 is 0 Å². The van der Waals surface area contributed by atoms with Crippen molar-refractivity contribution in [1.82, 2.24) is 4.98 Å². The van der Waals surface area contributed by atoms with Crippen LogP contribution < -0.4 is 15.8 Å². The molecule has 0 aliphatic carbocycles. The number of nitrogens with one attached hydrogen (secondary N) is 1. The third kappa shape index (κ3) is 2.74. The Bertz CT molecular complexity index is 766. The molecule has 4 nitrogen and oxygen atoms in total. The van der Waals surface area contributed by atoms with Gasteiger partial charge in [0.2, 0.25) is 0 Å². The van der Waals surface area contributed by atoms with Crippen LogP contribution in [-0.2, 0) is 0 Å². The van der Waals surface area contributed by atoms with Crippen LogP contribution >= 0.6 is 0 Å². The first-order valence-corrected chi connectivity index (χ1v) is 6.91. The highest BCUT2D eigenvalue weighted by Gasteiger charge is 2.05. The van der Waals surface area contributed by atoms with Crippen LogP contribution in [-0.4, -0.2) is 11.6 Å². The van der Waals surface area contributed by atoms with Crippen molar-refractivity contribution < 1.29 is 4.74 Å². The molecular weight excluding hydrogens is 262 g/mol. The van der Waals surface area contributed by atoms with Gasteiger partial charge in [0.15, 0.2) is 0 Å². The molecule has 3 rings (SSSR count). The van der Waals surface area contributed by atoms with Crippen molar-refractivity contribution in [3.63, 3.8) is 0 Å². The van der Waals surface area contributed by atoms with E-state index in [-0.39, 0.29) is 0 Å². The first kappa shape index (κ1) is 13.2. The van der Waals surface area contributed by atoms with Crippen LogP contribution in [0.25, 0.3) is 10.9 Å². The van der Waals surface area contributed by atoms with Crippen molar-refractivity contribution in [3.8, 4) is 5.75 Å². The number of nitrogens with zero attached hydrogens (tertiary/aromatic N) is 1. The van der Waals surface area contributed by atoms with Gasteiger partial charge in [-0.2, -0.15) is 0 Å². The van der Waals surface area contributed by atoms with E-state index in [0.29, 0.717) is 18.0 Å². The Morgan fingerprint density at radius 1 is 1.14 bits per heavy atom. The predicted molar refractivity (Wildman–Crippen MR) is 87.0 cm³/mol. The van der Waals surface area contributed by atoms with Crippen molar-refractivity contribution in [1.29, 1.82) is 0 Å². The molecule has 3 N–H and O–H groups in total. The van der Waals surface area contributed by atoms with Gasteiger partial charge in [0, 0.05) is 29.0 Å². The van der Waals surface area contributed by atoms with E-state index in [1.807, 2.05) is 55.5 Å². The number of rotatable bonds is 4. The van der Waals surface area contributed by atoms with Crippen molar-refractivity contribution in [3.05, 3.63) is 54.7 Å². The predicted octanol–water partition coefficient (Wildman–Crippen LogP) is 3.96. The number of pyridine rings is 1. The van der Waals surface area contributed by atoms with Crippen molar-refractivity contribution in [2.24, 2.45) is 0 Å². The molecule has 3 aromatic rings. The van der Waals surface area contributed by atoms with Gasteiger partial charge in [-0.15, -0.1) is 0 Å². The molecular formula is C17H17N3O. The third-order valence-corrected chi connectivity index (χ3v) is 3.24. The maximum atomic E-state index is 5.90. The Morgan fingerprint density at radius 3 is 2.90 bits per heavy atom. The first-order valence-electron chi connectivity index (χ1n) is 6.91. The topological polar surface area (TPSA) is 60.2 Å². The smallest absolute Gasteiger partial charge is 0.144 e. The largest absolute Gasteiger partial charge is 0.492 e. The third-order valence-electron chi connectivity index (χ3n) is 3.24. The highest BCUT2D eigenvalue weighted by molar-refractivity contribution is 5.93. The maximum absolute atomic E-state index is 5.90. The number of ether oxygens (including phenoxy) is 1. The number of benzene rings is 2. The van der Waals surface area contributed by atoms with Crippen LogP contribution in [0.5, 0.6) is 5.75 Å². The Labute approximate surface area is 123 Å². The van der Waals surface area contributed by atoms with Crippen LogP contribution in [0, 0.1) is 0 Å². The molecule has 21 heavy (non-hydrogen) atoms. The van der Waals surface area contributed by atoms with Gasteiger partial charge >= 0.3 is 0 Å². The zero-order valence-electron chi connectivity index (χ0n) is 11.8. The molecule has 2 aromatic carbocycles. The second kappa shape index (κ2) is 5.71. The quantitative estimate of drug-likeness (QED) is 0.710. The molecule has 0 atom stereocenters. The second-order valence-electron chi connectivity index (χ2n) is 4.69. The second-order valence-corrected chi connectivity index (χ2v) is 4.69. The van der Waals surface area contributed by atoms with Crippen LogP contribution in [0.2, 0.25) is 0 Å². The lowest BCUT2D eigenvalue weighted by molar-refractivity contribution is 0.342. The Balaban J connectivity index is 1.97. The van der Waals surface area contributed by atoms with Gasteiger partial charge < -0.3 is 15.8 Å². The molecule has 1 heterocycles. The number of hydrogen-bond donors (Lipinski definition) is 2. The number of nitrogens with two attached hydrogens (primary N) is 1. The molecule has 0 amide bonds. The summed E-state index contributed by atoms with van der Waals surface area (Å²) in [7, 11) is 0. The van der Waals surface area contributed by atoms with Crippen molar-refractivity contribution in [2.45, 2.75) is 6.92 Å². The van der Waals surface area contributed by atoms with Gasteiger partial charge in [0.25, 0.3) is 0 Å². The summed E-state index contributed by atoms with van der Waals surface area (Å²) in [5, 5.41) is 4.48. The zero-order valence-corrected chi connectivity index (χ0v) is 11.8. The molecule has 0 unspecified atom stereocenters. The fourth-order valence-electron chi connectivity index (χ4n) is 2.26. The summed E-state index contributed by atoms with van der Waals surface area (Å²) in [5.41, 5.74) is 9.44. The maximum Gasteiger partial charge on any atom is 0.144 e. The average Bonchev–Trinajstić information content (AvgIpc) is 2.51. The fraction of sp³-hybridized carbons (Fsp3) is 0.118. The number of hydrogen-bond acceptors (Lipinski definition) is 4. The molecule has 0 bridgehead atoms. The normalized spacial score (nSPS) is 10.5. The van der Waals surface area contributed by atoms with Gasteiger partial charge in [-0.1, -0.05) is 6.07 Å². The van der Waals surface area contributed by atoms with Crippen LogP contribution in [0.4, 0.5) is 17.1 Å². The Hall–Kier alpha value is -2.75. The molecule has 1 aromatic heterocycles. The lowest BCUT2D eigenvalue weighted by Gasteiger charge is -2.12. The summed E-state index contributed by atoms with van der Waals surface area (Å²) in [6, 6.07) is 15.7. The highest BCUT2D eigenvalue weighted by Crippen LogP contribution is 2.30. The van der Waals surface area contributed by atoms with Gasteiger partial charge in [0.05, 0.1) is 17.8 Å². The first-order chi connectivity index (χ1) is 10.3. The zero-order chi connectivity index (χ0) is 14.7. The lowest BCUT2D eigenvalue weighted by Crippen LogP contribution is -1.98. The van der Waals surface area contributed by atoms with E-state index in [1.54, 1.807) is 6.20 Å². The highest BCUT2D eigenvalue weighted by atomic mass is 16.5. The molecule has 4 heteroatoms. The Kier molecular flexibility index (Phi) is 3.60. The standard InChI is InChI=1S/C17H17N3O/c1-2-21-17-11-12(8-9-14(17)18)20-16-7-3-6-15-13(16)5-4-10-19-15/h3-11,20H,2,18H2,1H3. The summed E-state index contributed by atoms with van der Waals surface area (Å²) in [4.78, 5) is 4.36. The number of fused-ring (bicyclic) bond motifs is 1. The molecule has 0 aliphatic rings. The Morgan fingerprint density at radius 2 is 2.05 bits per heavy atom. The van der Waals surface area contributed by atoms with Gasteiger partial charge in [-0.3, -0.25) is 4.98 Å². The number of aromatic nitrogens is 1. The molecule has 0 radical (unpaired) electrons. The summed E-state index contributed by atoms with van der Waals surface area (Å²) >= 11 is 0. The SMILES string of the molecule is CCOc1cc(Nc2cccc3ncccc23)ccc1N. The molecule has 0 saturated carbocycles. The van der Waals surface area contributed by atoms with Crippen LogP contribution in [0.3, 0.4) is 0 Å². The summed E-state index contributed by atoms with van der Waals surface area (Å²) in [5.74, 6) is 0.695. The van der Waals surface area contributed by atoms with Gasteiger partial charge in [-0.25, -0.2) is 0 Å². The average molecular weight is 279 g/mol. The fourth-order valence-corrected chi connectivity index (χ4v) is 2.26. The minimum atomic E-state index is 0.589. The molecule has 0 aliphatic heterocycles. The lowest BCUT2D eigenvalue weighted by atomic mass is 10.1. The van der Waals surface area contributed by atoms with Crippen LogP contribution in [0.1, 0.15) is 6.92 Å². The van der Waals surface area contributed by atoms with Crippen LogP contribution in [0.15, 0.2) is 54.7 Å². The van der Waals surface area contributed by atoms with E-state index < -0.39 is 0 Å². The minimum absolute atomic E-state index is 0.589. The molecule has 106 valence electrons. The molecule has 0 saturated heterocycles. The van der Waals surface area contributed by atoms with E-state index in [4.69, 9.17) is 10.5 Å². The summed E-state index contributed by atoms with van der Waals surface area (Å²) < 4.78 is 5.53. The summed E-state index contributed by atoms with van der Waals surface area (Å²) in [6.45, 7) is 2.53. The van der Waals surface area contributed by atoms with Gasteiger partial charge in [-0.05, 0) is 43.3 Å². The number of nitrogen functional groups attached to an aromatic ring is 1. The summed E-state index contributed by atoms with van der Waals surface area (Å²) in [6.07, 6.45) is 1.79. The van der Waals surface area contributed by atoms with E-state index in [9.17, 15) is 0 Å². The monoisotopic (exact) mass is 279 g/mol. The van der Waals surface area contributed by atoms with E-state index in [1.165, 1.54) is 0 Å². The van der Waals surface area contributed by atoms with Gasteiger partial charge in [0.1, 0.15) is 5.75 Å². The van der Waals surface area contributed by atoms with Crippen molar-refractivity contribution >= 4 is 28.0 Å². The van der Waals surface area contributed by atoms with E-state index in [0.717, 1.165) is 22.3 Å².